The normalized spacial score (nSPS) is 11.8. The monoisotopic (exact) mass is 262 g/mol. The van der Waals surface area contributed by atoms with Crippen molar-refractivity contribution in [1.29, 1.82) is 0 Å². The zero-order valence-electron chi connectivity index (χ0n) is 12.3. The van der Waals surface area contributed by atoms with Gasteiger partial charge in [-0.3, -0.25) is 0 Å². The molecule has 19 heavy (non-hydrogen) atoms. The lowest BCUT2D eigenvalue weighted by molar-refractivity contribution is -0.131. The second-order valence-electron chi connectivity index (χ2n) is 5.24. The molecule has 0 amide bonds. The van der Waals surface area contributed by atoms with Crippen LogP contribution in [0.15, 0.2) is 18.2 Å². The van der Waals surface area contributed by atoms with E-state index in [9.17, 15) is 4.79 Å². The van der Waals surface area contributed by atoms with Crippen molar-refractivity contribution in [3.05, 3.63) is 34.9 Å². The first-order chi connectivity index (χ1) is 8.85. The Morgan fingerprint density at radius 1 is 1.32 bits per heavy atom. The van der Waals surface area contributed by atoms with Crippen LogP contribution in [0.4, 0.5) is 0 Å². The number of hydrogen-bond donors (Lipinski definition) is 1. The molecule has 3 nitrogen and oxygen atoms in total. The van der Waals surface area contributed by atoms with Crippen LogP contribution in [-0.4, -0.2) is 18.2 Å². The summed E-state index contributed by atoms with van der Waals surface area (Å²) in [7, 11) is 1.61. The zero-order valence-corrected chi connectivity index (χ0v) is 12.3. The summed E-state index contributed by atoms with van der Waals surface area (Å²) in [6.45, 7) is 8.18. The second kappa shape index (κ2) is 6.41. The van der Waals surface area contributed by atoms with E-state index >= 15 is 0 Å². The summed E-state index contributed by atoms with van der Waals surface area (Å²) < 4.78 is 5.39. The molecule has 0 aliphatic heterocycles. The predicted octanol–water partition coefficient (Wildman–Crippen LogP) is 3.83. The average molecular weight is 262 g/mol. The van der Waals surface area contributed by atoms with E-state index in [-0.39, 0.29) is 0 Å². The summed E-state index contributed by atoms with van der Waals surface area (Å²) in [5.74, 6) is 0.198. The van der Waals surface area contributed by atoms with Crippen LogP contribution < -0.4 is 4.74 Å². The van der Waals surface area contributed by atoms with Gasteiger partial charge in [0.05, 0.1) is 7.11 Å². The number of aryl methyl sites for hydroxylation is 2. The van der Waals surface area contributed by atoms with Gasteiger partial charge < -0.3 is 9.84 Å². The number of ether oxygens (including phenoxy) is 1. The van der Waals surface area contributed by atoms with E-state index in [0.717, 1.165) is 28.0 Å². The lowest BCUT2D eigenvalue weighted by Gasteiger charge is -2.16. The molecule has 1 aromatic rings. The Balaban J connectivity index is 3.36. The molecule has 104 valence electrons. The highest BCUT2D eigenvalue weighted by molar-refractivity contribution is 5.91. The molecule has 0 aliphatic rings. The number of carboxylic acid groups (broad SMARTS) is 1. The van der Waals surface area contributed by atoms with Crippen molar-refractivity contribution in [2.24, 2.45) is 5.92 Å². The third kappa shape index (κ3) is 4.12. The second-order valence-corrected chi connectivity index (χ2v) is 5.24. The van der Waals surface area contributed by atoms with Crippen LogP contribution in [-0.2, 0) is 4.79 Å². The Bertz CT molecular complexity index is 499. The number of aliphatic carboxylic acids is 1. The van der Waals surface area contributed by atoms with Crippen LogP contribution in [0, 0.1) is 19.8 Å². The highest BCUT2D eigenvalue weighted by Gasteiger charge is 2.13. The van der Waals surface area contributed by atoms with Crippen molar-refractivity contribution in [3.8, 4) is 5.75 Å². The summed E-state index contributed by atoms with van der Waals surface area (Å²) in [4.78, 5) is 11.0. The Morgan fingerprint density at radius 3 is 2.37 bits per heavy atom. The molecular formula is C16H22O3. The van der Waals surface area contributed by atoms with Crippen LogP contribution >= 0.6 is 0 Å². The van der Waals surface area contributed by atoms with Crippen LogP contribution in [0.2, 0.25) is 0 Å². The molecule has 0 radical (unpaired) electrons. The minimum Gasteiger partial charge on any atom is -0.496 e. The molecule has 0 heterocycles. The highest BCUT2D eigenvalue weighted by atomic mass is 16.5. The molecule has 0 saturated carbocycles. The Hall–Kier alpha value is -1.77. The molecule has 0 unspecified atom stereocenters. The number of rotatable bonds is 5. The number of methoxy groups -OCH3 is 1. The third-order valence-electron chi connectivity index (χ3n) is 3.09. The van der Waals surface area contributed by atoms with E-state index in [0.29, 0.717) is 12.3 Å². The summed E-state index contributed by atoms with van der Waals surface area (Å²) >= 11 is 0. The van der Waals surface area contributed by atoms with Gasteiger partial charge in [0.25, 0.3) is 0 Å². The number of allylic oxidation sites excluding steroid dienone is 1. The van der Waals surface area contributed by atoms with Gasteiger partial charge >= 0.3 is 5.97 Å². The Kier molecular flexibility index (Phi) is 5.16. The number of hydrogen-bond acceptors (Lipinski definition) is 2. The highest BCUT2D eigenvalue weighted by Crippen LogP contribution is 2.32. The van der Waals surface area contributed by atoms with Gasteiger partial charge in [0.2, 0.25) is 0 Å². The van der Waals surface area contributed by atoms with Crippen LogP contribution in [0.3, 0.4) is 0 Å². The largest absolute Gasteiger partial charge is 0.496 e. The van der Waals surface area contributed by atoms with E-state index in [1.54, 1.807) is 7.11 Å². The number of carboxylic acids is 1. The van der Waals surface area contributed by atoms with Gasteiger partial charge in [-0.1, -0.05) is 13.8 Å². The van der Waals surface area contributed by atoms with Gasteiger partial charge in [-0.05, 0) is 55.0 Å². The summed E-state index contributed by atoms with van der Waals surface area (Å²) in [6.07, 6.45) is 2.00. The number of carbonyl (C=O) groups is 1. The van der Waals surface area contributed by atoms with Crippen molar-refractivity contribution in [3.63, 3.8) is 0 Å². The first kappa shape index (κ1) is 15.3. The van der Waals surface area contributed by atoms with Gasteiger partial charge in [0.1, 0.15) is 5.75 Å². The van der Waals surface area contributed by atoms with Crippen molar-refractivity contribution in [2.75, 3.05) is 7.11 Å². The van der Waals surface area contributed by atoms with Gasteiger partial charge in [0, 0.05) is 11.6 Å². The molecule has 0 atom stereocenters. The number of benzene rings is 1. The Morgan fingerprint density at radius 2 is 1.89 bits per heavy atom. The van der Waals surface area contributed by atoms with Gasteiger partial charge in [-0.15, -0.1) is 0 Å². The topological polar surface area (TPSA) is 46.5 Å². The average Bonchev–Trinajstić information content (AvgIpc) is 2.30. The summed E-state index contributed by atoms with van der Waals surface area (Å²) in [5, 5.41) is 9.03. The fourth-order valence-corrected chi connectivity index (χ4v) is 2.05. The molecular weight excluding hydrogens is 240 g/mol. The predicted molar refractivity (Wildman–Crippen MR) is 77.5 cm³/mol. The minimum absolute atomic E-state index is 0.386. The smallest absolute Gasteiger partial charge is 0.328 e. The van der Waals surface area contributed by atoms with Crippen LogP contribution in [0.25, 0.3) is 5.57 Å². The molecule has 0 bridgehead atoms. The van der Waals surface area contributed by atoms with E-state index < -0.39 is 5.97 Å². The fraction of sp³-hybridized carbons (Fsp3) is 0.438. The lowest BCUT2D eigenvalue weighted by Crippen LogP contribution is -2.00. The van der Waals surface area contributed by atoms with E-state index in [2.05, 4.69) is 13.8 Å². The van der Waals surface area contributed by atoms with Crippen LogP contribution in [0.1, 0.15) is 37.0 Å². The fourth-order valence-electron chi connectivity index (χ4n) is 2.05. The molecule has 0 aliphatic carbocycles. The molecule has 0 spiro atoms. The molecule has 0 saturated heterocycles. The first-order valence-electron chi connectivity index (χ1n) is 6.44. The van der Waals surface area contributed by atoms with Gasteiger partial charge in [-0.25, -0.2) is 4.79 Å². The standard InChI is InChI=1S/C16H22O3/c1-10(2)6-13(9-16(17)18)14-7-11(3)12(4)8-15(14)19-5/h7-10H,6H2,1-5H3,(H,17,18)/b13-9+. The van der Waals surface area contributed by atoms with E-state index in [1.807, 2.05) is 26.0 Å². The summed E-state index contributed by atoms with van der Waals surface area (Å²) in [5.41, 5.74) is 3.96. The molecule has 3 heteroatoms. The molecule has 0 fully saturated rings. The maximum absolute atomic E-state index is 11.0. The third-order valence-corrected chi connectivity index (χ3v) is 3.09. The zero-order chi connectivity index (χ0) is 14.6. The minimum atomic E-state index is -0.920. The summed E-state index contributed by atoms with van der Waals surface area (Å²) in [6, 6.07) is 3.96. The van der Waals surface area contributed by atoms with Gasteiger partial charge in [0.15, 0.2) is 0 Å². The molecule has 1 aromatic carbocycles. The van der Waals surface area contributed by atoms with Crippen LogP contribution in [0.5, 0.6) is 5.75 Å². The van der Waals surface area contributed by atoms with E-state index in [1.165, 1.54) is 6.08 Å². The van der Waals surface area contributed by atoms with Crippen molar-refractivity contribution >= 4 is 11.5 Å². The SMILES string of the molecule is COc1cc(C)c(C)cc1/C(=C/C(=O)O)CC(C)C. The van der Waals surface area contributed by atoms with E-state index in [4.69, 9.17) is 9.84 Å². The molecule has 1 rings (SSSR count). The van der Waals surface area contributed by atoms with Crippen molar-refractivity contribution in [2.45, 2.75) is 34.1 Å². The quantitative estimate of drug-likeness (QED) is 0.820. The lowest BCUT2D eigenvalue weighted by atomic mass is 9.93. The molecule has 1 N–H and O–H groups in total. The Labute approximate surface area is 114 Å². The first-order valence-corrected chi connectivity index (χ1v) is 6.44. The van der Waals surface area contributed by atoms with Crippen molar-refractivity contribution < 1.29 is 14.6 Å². The maximum Gasteiger partial charge on any atom is 0.328 e. The molecule has 0 aromatic heterocycles. The van der Waals surface area contributed by atoms with Crippen molar-refractivity contribution in [1.82, 2.24) is 0 Å². The maximum atomic E-state index is 11.0. The van der Waals surface area contributed by atoms with Gasteiger partial charge in [-0.2, -0.15) is 0 Å².